The van der Waals surface area contributed by atoms with Gasteiger partial charge in [0.15, 0.2) is 5.82 Å². The molecule has 1 aliphatic heterocycles. The van der Waals surface area contributed by atoms with Gasteiger partial charge in [0.05, 0.1) is 6.54 Å². The number of pyridine rings is 1. The van der Waals surface area contributed by atoms with Gasteiger partial charge in [0, 0.05) is 25.4 Å². The molecule has 4 rings (SSSR count). The molecule has 3 N–H and O–H groups in total. The first kappa shape index (κ1) is 18.8. The quantitative estimate of drug-likeness (QED) is 0.453. The van der Waals surface area contributed by atoms with E-state index in [0.29, 0.717) is 17.3 Å². The Kier molecular flexibility index (Phi) is 5.62. The minimum Gasteiger partial charge on any atom is -0.361 e. The fraction of sp³-hybridized carbons (Fsp3) is 0.238. The zero-order valence-electron chi connectivity index (χ0n) is 15.9. The largest absolute Gasteiger partial charge is 0.361 e. The van der Waals surface area contributed by atoms with E-state index >= 15 is 0 Å². The zero-order chi connectivity index (χ0) is 20.1. The highest BCUT2D eigenvalue weighted by atomic mass is 16.5. The third-order valence-electron chi connectivity index (χ3n) is 4.91. The lowest BCUT2D eigenvalue weighted by Crippen LogP contribution is -2.29. The van der Waals surface area contributed by atoms with Crippen LogP contribution in [0.5, 0.6) is 0 Å². The van der Waals surface area contributed by atoms with E-state index in [-0.39, 0.29) is 6.54 Å². The van der Waals surface area contributed by atoms with Crippen LogP contribution in [0.1, 0.15) is 11.1 Å². The van der Waals surface area contributed by atoms with Gasteiger partial charge in [-0.25, -0.2) is 15.4 Å². The fourth-order valence-electron chi connectivity index (χ4n) is 3.40. The summed E-state index contributed by atoms with van der Waals surface area (Å²) in [6, 6.07) is 15.9. The maximum absolute atomic E-state index is 11.4. The average Bonchev–Trinajstić information content (AvgIpc) is 3.00. The van der Waals surface area contributed by atoms with Crippen LogP contribution >= 0.6 is 0 Å². The summed E-state index contributed by atoms with van der Waals surface area (Å²) < 4.78 is 0. The molecule has 0 fully saturated rings. The van der Waals surface area contributed by atoms with Crippen molar-refractivity contribution in [3.8, 4) is 11.5 Å². The molecule has 29 heavy (non-hydrogen) atoms. The molecule has 8 heteroatoms. The first-order valence-electron chi connectivity index (χ1n) is 9.52. The van der Waals surface area contributed by atoms with Gasteiger partial charge < -0.3 is 10.2 Å². The number of rotatable bonds is 5. The summed E-state index contributed by atoms with van der Waals surface area (Å²) in [5, 5.41) is 11.7. The van der Waals surface area contributed by atoms with Crippen molar-refractivity contribution in [1.29, 1.82) is 0 Å². The molecule has 0 aliphatic carbocycles. The highest BCUT2D eigenvalue weighted by Crippen LogP contribution is 2.24. The van der Waals surface area contributed by atoms with E-state index in [0.717, 1.165) is 31.7 Å². The van der Waals surface area contributed by atoms with Crippen LogP contribution < -0.4 is 15.7 Å². The van der Waals surface area contributed by atoms with E-state index in [4.69, 9.17) is 10.2 Å². The van der Waals surface area contributed by atoms with Crippen molar-refractivity contribution >= 4 is 17.5 Å². The molecule has 0 atom stereocenters. The molecule has 0 saturated carbocycles. The van der Waals surface area contributed by atoms with E-state index in [1.807, 2.05) is 24.3 Å². The Morgan fingerprint density at radius 2 is 1.76 bits per heavy atom. The van der Waals surface area contributed by atoms with Crippen LogP contribution in [0.4, 0.5) is 11.6 Å². The second-order valence-corrected chi connectivity index (χ2v) is 6.79. The predicted molar refractivity (Wildman–Crippen MR) is 110 cm³/mol. The number of nitrogens with zero attached hydrogens (tertiary/aromatic N) is 4. The van der Waals surface area contributed by atoms with Crippen LogP contribution in [0, 0.1) is 0 Å². The van der Waals surface area contributed by atoms with Crippen LogP contribution in [0.3, 0.4) is 0 Å². The van der Waals surface area contributed by atoms with Gasteiger partial charge in [-0.3, -0.25) is 15.0 Å². The molecule has 0 radical (unpaired) electrons. The smallest absolute Gasteiger partial charge is 0.262 e. The monoisotopic (exact) mass is 390 g/mol. The van der Waals surface area contributed by atoms with Gasteiger partial charge in [0.2, 0.25) is 0 Å². The molecule has 3 heterocycles. The molecule has 0 bridgehead atoms. The molecule has 3 aromatic rings. The van der Waals surface area contributed by atoms with Crippen molar-refractivity contribution in [1.82, 2.24) is 20.4 Å². The number of nitrogens with one attached hydrogen (secondary N) is 2. The molecule has 0 spiro atoms. The average molecular weight is 390 g/mol. The molecule has 0 unspecified atom stereocenters. The number of carbonyl (C=O) groups excluding carboxylic acids is 1. The van der Waals surface area contributed by atoms with Crippen molar-refractivity contribution in [3.05, 3.63) is 65.9 Å². The Hall–Kier alpha value is -3.52. The Morgan fingerprint density at radius 1 is 1.03 bits per heavy atom. The SMILES string of the molecule is O=C(CNc1cc(N2CCc3ccccc3CC2)nc(-c2ccccn2)n1)NO. The maximum atomic E-state index is 11.4. The van der Waals surface area contributed by atoms with Crippen molar-refractivity contribution in [3.63, 3.8) is 0 Å². The van der Waals surface area contributed by atoms with Crippen LogP contribution in [0.25, 0.3) is 11.5 Å². The summed E-state index contributed by atoms with van der Waals surface area (Å²) in [5.74, 6) is 1.22. The van der Waals surface area contributed by atoms with Gasteiger partial charge in [-0.1, -0.05) is 30.3 Å². The highest BCUT2D eigenvalue weighted by Gasteiger charge is 2.18. The van der Waals surface area contributed by atoms with E-state index in [1.165, 1.54) is 11.1 Å². The third kappa shape index (κ3) is 4.49. The molecule has 0 saturated heterocycles. The number of hydroxylamine groups is 1. The maximum Gasteiger partial charge on any atom is 0.262 e. The standard InChI is InChI=1S/C21H22N6O2/c28-20(26-29)14-23-18-13-19(25-21(24-18)17-7-3-4-10-22-17)27-11-8-15-5-1-2-6-16(15)9-12-27/h1-7,10,13,29H,8-9,11-12,14H2,(H,26,28)(H,23,24,25). The summed E-state index contributed by atoms with van der Waals surface area (Å²) in [6.45, 7) is 1.58. The molecular weight excluding hydrogens is 368 g/mol. The Labute approximate surface area is 168 Å². The molecule has 8 nitrogen and oxygen atoms in total. The number of carbonyl (C=O) groups is 1. The second-order valence-electron chi connectivity index (χ2n) is 6.79. The van der Waals surface area contributed by atoms with Gasteiger partial charge in [0.1, 0.15) is 17.3 Å². The second kappa shape index (κ2) is 8.66. The van der Waals surface area contributed by atoms with Gasteiger partial charge in [-0.2, -0.15) is 0 Å². The molecule has 2 aromatic heterocycles. The van der Waals surface area contributed by atoms with Crippen molar-refractivity contribution in [2.75, 3.05) is 29.9 Å². The van der Waals surface area contributed by atoms with Crippen molar-refractivity contribution in [2.45, 2.75) is 12.8 Å². The zero-order valence-corrected chi connectivity index (χ0v) is 15.9. The van der Waals surface area contributed by atoms with Crippen molar-refractivity contribution in [2.24, 2.45) is 0 Å². The predicted octanol–water partition coefficient (Wildman–Crippen LogP) is 2.06. The summed E-state index contributed by atoms with van der Waals surface area (Å²) in [5.41, 5.74) is 5.00. The normalized spacial score (nSPS) is 13.3. The first-order valence-corrected chi connectivity index (χ1v) is 9.52. The Balaban J connectivity index is 1.64. The Bertz CT molecular complexity index is 968. The number of anilines is 2. The lowest BCUT2D eigenvalue weighted by molar-refractivity contribution is -0.127. The summed E-state index contributed by atoms with van der Waals surface area (Å²) in [6.07, 6.45) is 3.57. The van der Waals surface area contributed by atoms with Gasteiger partial charge in [-0.05, 0) is 36.1 Å². The first-order chi connectivity index (χ1) is 14.2. The van der Waals surface area contributed by atoms with Crippen molar-refractivity contribution < 1.29 is 10.0 Å². The highest BCUT2D eigenvalue weighted by molar-refractivity contribution is 5.79. The summed E-state index contributed by atoms with van der Waals surface area (Å²) in [7, 11) is 0. The third-order valence-corrected chi connectivity index (χ3v) is 4.91. The molecule has 1 amide bonds. The topological polar surface area (TPSA) is 103 Å². The number of benzene rings is 1. The minimum absolute atomic E-state index is 0.0972. The number of hydrogen-bond acceptors (Lipinski definition) is 7. The summed E-state index contributed by atoms with van der Waals surface area (Å²) >= 11 is 0. The van der Waals surface area contributed by atoms with Gasteiger partial charge in [-0.15, -0.1) is 0 Å². The Morgan fingerprint density at radius 3 is 2.41 bits per heavy atom. The fourth-order valence-corrected chi connectivity index (χ4v) is 3.40. The van der Waals surface area contributed by atoms with Crippen LogP contribution in [-0.2, 0) is 17.6 Å². The molecule has 1 aromatic carbocycles. The van der Waals surface area contributed by atoms with Gasteiger partial charge >= 0.3 is 0 Å². The molecule has 1 aliphatic rings. The lowest BCUT2D eigenvalue weighted by atomic mass is 10.0. The van der Waals surface area contributed by atoms with E-state index < -0.39 is 5.91 Å². The van der Waals surface area contributed by atoms with E-state index in [1.54, 1.807) is 11.7 Å². The molecule has 148 valence electrons. The minimum atomic E-state index is -0.547. The number of fused-ring (bicyclic) bond motifs is 1. The number of amides is 1. The van der Waals surface area contributed by atoms with Gasteiger partial charge in [0.25, 0.3) is 5.91 Å². The number of aromatic nitrogens is 3. The van der Waals surface area contributed by atoms with Crippen LogP contribution in [0.15, 0.2) is 54.7 Å². The number of hydrogen-bond donors (Lipinski definition) is 3. The van der Waals surface area contributed by atoms with Crippen LogP contribution in [0.2, 0.25) is 0 Å². The molecular formula is C21H22N6O2. The van der Waals surface area contributed by atoms with E-state index in [2.05, 4.69) is 44.5 Å². The van der Waals surface area contributed by atoms with Crippen LogP contribution in [-0.4, -0.2) is 45.7 Å². The summed E-state index contributed by atoms with van der Waals surface area (Å²) in [4.78, 5) is 27.2. The lowest BCUT2D eigenvalue weighted by Gasteiger charge is -2.22. The van der Waals surface area contributed by atoms with E-state index in [9.17, 15) is 4.79 Å².